The van der Waals surface area contributed by atoms with Gasteiger partial charge in [-0.1, -0.05) is 13.0 Å². The van der Waals surface area contributed by atoms with Gasteiger partial charge in [0.25, 0.3) is 0 Å². The highest BCUT2D eigenvalue weighted by Gasteiger charge is 2.02. The van der Waals surface area contributed by atoms with Crippen LogP contribution in [0.25, 0.3) is 0 Å². The van der Waals surface area contributed by atoms with E-state index in [1.807, 2.05) is 12.3 Å². The second-order valence-electron chi connectivity index (χ2n) is 3.88. The van der Waals surface area contributed by atoms with Crippen molar-refractivity contribution < 1.29 is 4.39 Å². The molecule has 1 aromatic carbocycles. The van der Waals surface area contributed by atoms with Gasteiger partial charge in [0, 0.05) is 23.3 Å². The molecule has 0 unspecified atom stereocenters. The molecule has 0 saturated heterocycles. The van der Waals surface area contributed by atoms with Crippen molar-refractivity contribution in [3.8, 4) is 0 Å². The maximum atomic E-state index is 13.0. The normalized spacial score (nSPS) is 10.8. The molecule has 96 valence electrons. The summed E-state index contributed by atoms with van der Waals surface area (Å²) >= 11 is 1.57. The Hall–Kier alpha value is -1.33. The molecule has 1 aromatic heterocycles. The third-order valence-corrected chi connectivity index (χ3v) is 3.42. The van der Waals surface area contributed by atoms with E-state index in [2.05, 4.69) is 22.2 Å². The van der Waals surface area contributed by atoms with Crippen molar-refractivity contribution in [2.24, 2.45) is 0 Å². The second kappa shape index (κ2) is 6.56. The van der Waals surface area contributed by atoms with Crippen LogP contribution in [0.5, 0.6) is 0 Å². The number of H-pyrrole nitrogens is 1. The number of aromatic amines is 1. The minimum absolute atomic E-state index is 0.202. The summed E-state index contributed by atoms with van der Waals surface area (Å²) in [4.78, 5) is 8.46. The molecule has 0 saturated carbocycles. The van der Waals surface area contributed by atoms with Gasteiger partial charge < -0.3 is 10.3 Å². The number of imidazole rings is 1. The van der Waals surface area contributed by atoms with Crippen LogP contribution in [0, 0.1) is 5.82 Å². The highest BCUT2D eigenvalue weighted by Crippen LogP contribution is 2.21. The summed E-state index contributed by atoms with van der Waals surface area (Å²) in [6.45, 7) is 3.80. The lowest BCUT2D eigenvalue weighted by Gasteiger charge is -2.00. The second-order valence-corrected chi connectivity index (χ2v) is 4.93. The highest BCUT2D eigenvalue weighted by molar-refractivity contribution is 7.98. The van der Waals surface area contributed by atoms with Gasteiger partial charge in [0.05, 0.1) is 5.75 Å². The van der Waals surface area contributed by atoms with Crippen molar-refractivity contribution in [3.05, 3.63) is 47.8 Å². The van der Waals surface area contributed by atoms with Gasteiger partial charge in [-0.2, -0.15) is 0 Å². The van der Waals surface area contributed by atoms with E-state index in [1.165, 1.54) is 12.1 Å². The van der Waals surface area contributed by atoms with Crippen LogP contribution in [-0.2, 0) is 12.3 Å². The topological polar surface area (TPSA) is 40.7 Å². The molecule has 0 radical (unpaired) electrons. The third kappa shape index (κ3) is 3.85. The standard InChI is InChI=1S/C13H16FN3S/c1-2-15-7-11-8-16-13(17-11)9-18-12-5-3-4-10(14)6-12/h3-6,8,15H,2,7,9H2,1H3,(H,16,17). The van der Waals surface area contributed by atoms with Crippen LogP contribution in [0.2, 0.25) is 0 Å². The molecule has 3 nitrogen and oxygen atoms in total. The number of nitrogens with zero attached hydrogens (tertiary/aromatic N) is 1. The van der Waals surface area contributed by atoms with E-state index >= 15 is 0 Å². The molecular weight excluding hydrogens is 249 g/mol. The lowest BCUT2D eigenvalue weighted by molar-refractivity contribution is 0.624. The SMILES string of the molecule is CCNCc1cnc(CSc2cccc(F)c2)[nH]1. The molecule has 0 amide bonds. The van der Waals surface area contributed by atoms with Crippen LogP contribution in [0.3, 0.4) is 0 Å². The third-order valence-electron chi connectivity index (χ3n) is 2.42. The van der Waals surface area contributed by atoms with Crippen LogP contribution in [0.4, 0.5) is 4.39 Å². The summed E-state index contributed by atoms with van der Waals surface area (Å²) in [6.07, 6.45) is 1.84. The van der Waals surface area contributed by atoms with Crippen molar-refractivity contribution in [1.82, 2.24) is 15.3 Å². The van der Waals surface area contributed by atoms with E-state index in [0.29, 0.717) is 0 Å². The van der Waals surface area contributed by atoms with E-state index in [4.69, 9.17) is 0 Å². The molecule has 2 N–H and O–H groups in total. The average Bonchev–Trinajstić information content (AvgIpc) is 2.82. The van der Waals surface area contributed by atoms with Gasteiger partial charge in [0.15, 0.2) is 0 Å². The van der Waals surface area contributed by atoms with Gasteiger partial charge in [-0.3, -0.25) is 0 Å². The molecule has 0 aliphatic rings. The number of hydrogen-bond acceptors (Lipinski definition) is 3. The Balaban J connectivity index is 1.88. The minimum Gasteiger partial charge on any atom is -0.344 e. The number of benzene rings is 1. The quantitative estimate of drug-likeness (QED) is 0.789. The van der Waals surface area contributed by atoms with Crippen LogP contribution < -0.4 is 5.32 Å². The summed E-state index contributed by atoms with van der Waals surface area (Å²) in [7, 11) is 0. The van der Waals surface area contributed by atoms with Crippen LogP contribution >= 0.6 is 11.8 Å². The Morgan fingerprint density at radius 1 is 1.44 bits per heavy atom. The maximum Gasteiger partial charge on any atom is 0.124 e. The Labute approximate surface area is 110 Å². The fourth-order valence-corrected chi connectivity index (χ4v) is 2.36. The summed E-state index contributed by atoms with van der Waals surface area (Å²) < 4.78 is 13.0. The van der Waals surface area contributed by atoms with Crippen molar-refractivity contribution in [1.29, 1.82) is 0 Å². The zero-order valence-electron chi connectivity index (χ0n) is 10.2. The number of rotatable bonds is 6. The smallest absolute Gasteiger partial charge is 0.124 e. The number of thioether (sulfide) groups is 1. The fraction of sp³-hybridized carbons (Fsp3) is 0.308. The average molecular weight is 265 g/mol. The Kier molecular flexibility index (Phi) is 4.78. The highest BCUT2D eigenvalue weighted by atomic mass is 32.2. The minimum atomic E-state index is -0.202. The first kappa shape index (κ1) is 13.1. The van der Waals surface area contributed by atoms with Gasteiger partial charge in [-0.15, -0.1) is 11.8 Å². The molecule has 0 spiro atoms. The summed E-state index contributed by atoms with van der Waals surface area (Å²) in [6, 6.07) is 6.60. The number of hydrogen-bond donors (Lipinski definition) is 2. The number of nitrogens with one attached hydrogen (secondary N) is 2. The van der Waals surface area contributed by atoms with Gasteiger partial charge >= 0.3 is 0 Å². The summed E-state index contributed by atoms with van der Waals surface area (Å²) in [5, 5.41) is 3.23. The van der Waals surface area contributed by atoms with Gasteiger partial charge in [0.2, 0.25) is 0 Å². The van der Waals surface area contributed by atoms with Crippen LogP contribution in [0.15, 0.2) is 35.4 Å². The van der Waals surface area contributed by atoms with Crippen molar-refractivity contribution in [2.75, 3.05) is 6.54 Å². The predicted molar refractivity (Wildman–Crippen MR) is 71.9 cm³/mol. The molecule has 5 heteroatoms. The van der Waals surface area contributed by atoms with Crippen molar-refractivity contribution in [3.63, 3.8) is 0 Å². The first-order valence-electron chi connectivity index (χ1n) is 5.89. The Bertz CT molecular complexity index is 498. The number of halogens is 1. The molecule has 0 atom stereocenters. The molecular formula is C13H16FN3S. The molecule has 2 rings (SSSR count). The molecule has 2 aromatic rings. The predicted octanol–water partition coefficient (Wildman–Crippen LogP) is 2.95. The van der Waals surface area contributed by atoms with Crippen LogP contribution in [-0.4, -0.2) is 16.5 Å². The molecule has 0 bridgehead atoms. The van der Waals surface area contributed by atoms with E-state index in [9.17, 15) is 4.39 Å². The zero-order valence-corrected chi connectivity index (χ0v) is 11.1. The van der Waals surface area contributed by atoms with Gasteiger partial charge in [-0.05, 0) is 24.7 Å². The van der Waals surface area contributed by atoms with Gasteiger partial charge in [-0.25, -0.2) is 9.37 Å². The first-order chi connectivity index (χ1) is 8.78. The lowest BCUT2D eigenvalue weighted by atomic mass is 10.4. The van der Waals surface area contributed by atoms with E-state index in [0.717, 1.165) is 35.3 Å². The maximum absolute atomic E-state index is 13.0. The Morgan fingerprint density at radius 3 is 3.11 bits per heavy atom. The van der Waals surface area contributed by atoms with Gasteiger partial charge in [0.1, 0.15) is 11.6 Å². The molecule has 0 aliphatic carbocycles. The number of aromatic nitrogens is 2. The molecule has 0 aliphatic heterocycles. The molecule has 1 heterocycles. The monoisotopic (exact) mass is 265 g/mol. The lowest BCUT2D eigenvalue weighted by Crippen LogP contribution is -2.11. The largest absolute Gasteiger partial charge is 0.344 e. The first-order valence-corrected chi connectivity index (χ1v) is 6.88. The van der Waals surface area contributed by atoms with E-state index < -0.39 is 0 Å². The summed E-state index contributed by atoms with van der Waals surface area (Å²) in [5.74, 6) is 1.43. The summed E-state index contributed by atoms with van der Waals surface area (Å²) in [5.41, 5.74) is 1.08. The van der Waals surface area contributed by atoms with E-state index in [1.54, 1.807) is 17.8 Å². The molecule has 18 heavy (non-hydrogen) atoms. The fourth-order valence-electron chi connectivity index (χ4n) is 1.54. The van der Waals surface area contributed by atoms with Crippen molar-refractivity contribution >= 4 is 11.8 Å². The Morgan fingerprint density at radius 2 is 2.33 bits per heavy atom. The van der Waals surface area contributed by atoms with E-state index in [-0.39, 0.29) is 5.82 Å². The van der Waals surface area contributed by atoms with Crippen molar-refractivity contribution in [2.45, 2.75) is 24.1 Å². The van der Waals surface area contributed by atoms with Crippen LogP contribution in [0.1, 0.15) is 18.4 Å². The zero-order chi connectivity index (χ0) is 12.8. The molecule has 0 fully saturated rings.